The van der Waals surface area contributed by atoms with Crippen molar-refractivity contribution in [1.29, 1.82) is 0 Å². The molecule has 4 N–H and O–H groups in total. The molecule has 0 bridgehead atoms. The second kappa shape index (κ2) is 11.0. The first-order valence-electron chi connectivity index (χ1n) is 13.0. The number of amides is 1. The molecule has 3 aromatic rings. The Morgan fingerprint density at radius 3 is 2.71 bits per heavy atom. The van der Waals surface area contributed by atoms with E-state index in [1.165, 1.54) is 34.1 Å². The molecule has 10 nitrogen and oxygen atoms in total. The van der Waals surface area contributed by atoms with Crippen LogP contribution in [0, 0.1) is 11.6 Å². The zero-order chi connectivity index (χ0) is 29.6. The normalized spacial score (nSPS) is 20.4. The number of nitrogens with zero attached hydrogens (tertiary/aromatic N) is 5. The fourth-order valence-corrected chi connectivity index (χ4v) is 5.91. The SMILES string of the molecule is C=CC(=O)N1CC(C)N(c2nc(=O)n3c4c(c(-c5ccc(F)cc5F)c(Cl)cc24)OCC3CN(N)/C=C\N)C[C@H]1C. The molecule has 0 aliphatic carbocycles. The monoisotopic (exact) mass is 585 g/mol. The van der Waals surface area contributed by atoms with Crippen LogP contribution in [0.5, 0.6) is 5.75 Å². The van der Waals surface area contributed by atoms with Crippen molar-refractivity contribution in [2.24, 2.45) is 11.6 Å². The van der Waals surface area contributed by atoms with E-state index in [1.807, 2.05) is 18.7 Å². The third kappa shape index (κ3) is 4.97. The van der Waals surface area contributed by atoms with E-state index >= 15 is 4.39 Å². The Labute approximate surface area is 240 Å². The Balaban J connectivity index is 1.75. The van der Waals surface area contributed by atoms with Gasteiger partial charge in [0, 0.05) is 60.2 Å². The zero-order valence-corrected chi connectivity index (χ0v) is 23.3. The van der Waals surface area contributed by atoms with Gasteiger partial charge in [-0.05, 0) is 38.1 Å². The van der Waals surface area contributed by atoms with Crippen LogP contribution in [0.25, 0.3) is 22.0 Å². The molecular formula is C28H30ClF2N7O3. The number of aromatic nitrogens is 2. The molecule has 3 atom stereocenters. The fourth-order valence-electron chi connectivity index (χ4n) is 5.62. The van der Waals surface area contributed by atoms with Gasteiger partial charge in [0.1, 0.15) is 24.1 Å². The topological polar surface area (TPSA) is 123 Å². The maximum atomic E-state index is 15.0. The van der Waals surface area contributed by atoms with Gasteiger partial charge in [-0.3, -0.25) is 9.36 Å². The number of carbonyl (C=O) groups excluding carboxylic acids is 1. The molecule has 13 heteroatoms. The lowest BCUT2D eigenvalue weighted by atomic mass is 9.99. The van der Waals surface area contributed by atoms with Crippen LogP contribution < -0.4 is 26.9 Å². The molecule has 1 aromatic heterocycles. The van der Waals surface area contributed by atoms with Gasteiger partial charge >= 0.3 is 5.69 Å². The van der Waals surface area contributed by atoms with Crippen LogP contribution >= 0.6 is 11.6 Å². The lowest BCUT2D eigenvalue weighted by Crippen LogP contribution is -2.58. The smallest absolute Gasteiger partial charge is 0.350 e. The van der Waals surface area contributed by atoms with E-state index in [9.17, 15) is 14.0 Å². The Morgan fingerprint density at radius 2 is 2.02 bits per heavy atom. The van der Waals surface area contributed by atoms with Crippen LogP contribution in [0.4, 0.5) is 14.6 Å². The standard InChI is InChI=1S/C28H30ClF2N7O3/c1-4-23(39)36-11-16(3)37(12-15(36)2)27-20-10-21(29)24(19-6-5-17(30)9-22(19)31)26-25(20)38(28(40)34-27)18(14-41-26)13-35(33)8-7-32/h4-10,15-16,18H,1,11-14,32-33H2,2-3H3/b8-7-/t15-,16?,18?/m1/s1. The summed E-state index contributed by atoms with van der Waals surface area (Å²) >= 11 is 6.78. The first-order valence-corrected chi connectivity index (χ1v) is 13.4. The number of hydrogen-bond donors (Lipinski definition) is 2. The molecule has 2 aliphatic heterocycles. The molecule has 41 heavy (non-hydrogen) atoms. The number of hydrazine groups is 1. The Bertz CT molecular complexity index is 1630. The average Bonchev–Trinajstić information content (AvgIpc) is 2.92. The number of halogens is 3. The quantitative estimate of drug-likeness (QED) is 0.257. The second-order valence-corrected chi connectivity index (χ2v) is 10.6. The van der Waals surface area contributed by atoms with Crippen molar-refractivity contribution in [2.45, 2.75) is 32.0 Å². The van der Waals surface area contributed by atoms with Gasteiger partial charge in [-0.2, -0.15) is 4.98 Å². The number of benzene rings is 2. The van der Waals surface area contributed by atoms with E-state index in [0.29, 0.717) is 29.8 Å². The first-order chi connectivity index (χ1) is 19.5. The highest BCUT2D eigenvalue weighted by Gasteiger charge is 2.36. The molecule has 0 radical (unpaired) electrons. The Morgan fingerprint density at radius 1 is 1.27 bits per heavy atom. The minimum absolute atomic E-state index is 0.00107. The highest BCUT2D eigenvalue weighted by molar-refractivity contribution is 6.35. The van der Waals surface area contributed by atoms with E-state index in [1.54, 1.807) is 11.0 Å². The lowest BCUT2D eigenvalue weighted by Gasteiger charge is -2.45. The van der Waals surface area contributed by atoms with Crippen molar-refractivity contribution in [3.8, 4) is 16.9 Å². The van der Waals surface area contributed by atoms with E-state index in [0.717, 1.165) is 12.1 Å². The van der Waals surface area contributed by atoms with Crippen LogP contribution in [-0.2, 0) is 4.79 Å². The highest BCUT2D eigenvalue weighted by Crippen LogP contribution is 2.47. The summed E-state index contributed by atoms with van der Waals surface area (Å²) in [6.07, 6.45) is 4.00. The average molecular weight is 586 g/mol. The van der Waals surface area contributed by atoms with E-state index < -0.39 is 23.4 Å². The molecule has 3 heterocycles. The summed E-state index contributed by atoms with van der Waals surface area (Å²) in [5, 5.41) is 1.96. The minimum atomic E-state index is -0.830. The maximum Gasteiger partial charge on any atom is 0.350 e. The van der Waals surface area contributed by atoms with Crippen molar-refractivity contribution in [3.05, 3.63) is 76.5 Å². The molecule has 0 spiro atoms. The van der Waals surface area contributed by atoms with Gasteiger partial charge in [0.25, 0.3) is 0 Å². The third-order valence-corrected chi connectivity index (χ3v) is 7.80. The molecule has 2 aromatic carbocycles. The maximum absolute atomic E-state index is 15.0. The number of nitrogens with two attached hydrogens (primary N) is 2. The van der Waals surface area contributed by atoms with Gasteiger partial charge in [-0.25, -0.2) is 19.4 Å². The molecule has 216 valence electrons. The minimum Gasteiger partial charge on any atom is -0.488 e. The van der Waals surface area contributed by atoms with E-state index in [2.05, 4.69) is 11.6 Å². The molecule has 5 rings (SSSR count). The van der Waals surface area contributed by atoms with Crippen molar-refractivity contribution in [3.63, 3.8) is 0 Å². The predicted octanol–water partition coefficient (Wildman–Crippen LogP) is 3.15. The lowest BCUT2D eigenvalue weighted by molar-refractivity contribution is -0.128. The molecular weight excluding hydrogens is 556 g/mol. The molecule has 2 unspecified atom stereocenters. The number of anilines is 1. The van der Waals surface area contributed by atoms with E-state index in [-0.39, 0.29) is 53.0 Å². The molecule has 0 saturated carbocycles. The number of piperazine rings is 1. The first kappa shape index (κ1) is 28.4. The van der Waals surface area contributed by atoms with Crippen molar-refractivity contribution in [2.75, 3.05) is 31.1 Å². The van der Waals surface area contributed by atoms with Crippen LogP contribution in [0.1, 0.15) is 19.9 Å². The van der Waals surface area contributed by atoms with Crippen molar-refractivity contribution in [1.82, 2.24) is 19.5 Å². The number of ether oxygens (including phenoxy) is 1. The van der Waals surface area contributed by atoms with Gasteiger partial charge in [0.05, 0.1) is 23.1 Å². The van der Waals surface area contributed by atoms with Gasteiger partial charge < -0.3 is 25.3 Å². The number of carbonyl (C=O) groups is 1. The summed E-state index contributed by atoms with van der Waals surface area (Å²) in [5.41, 5.74) is 5.48. The summed E-state index contributed by atoms with van der Waals surface area (Å²) < 4.78 is 36.5. The van der Waals surface area contributed by atoms with Gasteiger partial charge in [-0.1, -0.05) is 18.2 Å². The molecule has 2 aliphatic rings. The summed E-state index contributed by atoms with van der Waals surface area (Å²) in [5.74, 6) is 4.82. The van der Waals surface area contributed by atoms with Crippen LogP contribution in [0.2, 0.25) is 5.02 Å². The summed E-state index contributed by atoms with van der Waals surface area (Å²) in [6.45, 7) is 8.34. The fraction of sp³-hybridized carbons (Fsp3) is 0.321. The summed E-state index contributed by atoms with van der Waals surface area (Å²) in [6, 6.07) is 3.78. The van der Waals surface area contributed by atoms with Gasteiger partial charge in [0.15, 0.2) is 5.75 Å². The van der Waals surface area contributed by atoms with Crippen molar-refractivity contribution >= 4 is 34.2 Å². The van der Waals surface area contributed by atoms with E-state index in [4.69, 9.17) is 27.9 Å². The molecule has 1 saturated heterocycles. The second-order valence-electron chi connectivity index (χ2n) is 10.2. The largest absolute Gasteiger partial charge is 0.488 e. The predicted molar refractivity (Wildman–Crippen MR) is 153 cm³/mol. The molecule has 1 amide bonds. The Hall–Kier alpha value is -4.16. The zero-order valence-electron chi connectivity index (χ0n) is 22.6. The van der Waals surface area contributed by atoms with Crippen LogP contribution in [0.15, 0.2) is 54.1 Å². The van der Waals surface area contributed by atoms with Gasteiger partial charge in [0.2, 0.25) is 5.91 Å². The summed E-state index contributed by atoms with van der Waals surface area (Å²) in [4.78, 5) is 34.3. The summed E-state index contributed by atoms with van der Waals surface area (Å²) in [7, 11) is 0. The molecule has 1 fully saturated rings. The van der Waals surface area contributed by atoms with Crippen LogP contribution in [0.3, 0.4) is 0 Å². The third-order valence-electron chi connectivity index (χ3n) is 7.50. The van der Waals surface area contributed by atoms with Crippen LogP contribution in [-0.4, -0.2) is 63.7 Å². The Kier molecular flexibility index (Phi) is 7.62. The highest BCUT2D eigenvalue weighted by atomic mass is 35.5. The number of hydrogen-bond acceptors (Lipinski definition) is 8. The van der Waals surface area contributed by atoms with Gasteiger partial charge in [-0.15, -0.1) is 0 Å². The van der Waals surface area contributed by atoms with Crippen molar-refractivity contribution < 1.29 is 18.3 Å². The number of rotatable bonds is 6.